The Bertz CT molecular complexity index is 1040. The molecule has 5 nitrogen and oxygen atoms in total. The van der Waals surface area contributed by atoms with E-state index in [-0.39, 0.29) is 5.78 Å². The molecule has 1 aliphatic carbocycles. The van der Waals surface area contributed by atoms with Crippen molar-refractivity contribution >= 4 is 30.0 Å². The van der Waals surface area contributed by atoms with Crippen molar-refractivity contribution in [3.63, 3.8) is 0 Å². The Morgan fingerprint density at radius 2 is 1.86 bits per heavy atom. The number of benzene rings is 1. The quantitative estimate of drug-likeness (QED) is 0.461. The number of hydrogen-bond acceptors (Lipinski definition) is 4. The summed E-state index contributed by atoms with van der Waals surface area (Å²) in [7, 11) is 6.01. The second-order valence-corrected chi connectivity index (χ2v) is 7.57. The van der Waals surface area contributed by atoms with Crippen LogP contribution in [0.5, 0.6) is 6.01 Å². The summed E-state index contributed by atoms with van der Waals surface area (Å²) in [5.74, 6) is 0.230. The molecule has 0 saturated carbocycles. The normalized spacial score (nSPS) is 13.7. The highest BCUT2D eigenvalue weighted by molar-refractivity contribution is 6.33. The van der Waals surface area contributed by atoms with Gasteiger partial charge in [0.05, 0.1) is 12.3 Å². The van der Waals surface area contributed by atoms with Crippen LogP contribution in [0.4, 0.5) is 0 Å². The maximum absolute atomic E-state index is 12.7. The number of fused-ring (bicyclic) bond motifs is 3. The van der Waals surface area contributed by atoms with E-state index in [2.05, 4.69) is 28.4 Å². The van der Waals surface area contributed by atoms with Crippen molar-refractivity contribution in [1.29, 1.82) is 0 Å². The maximum atomic E-state index is 12.7. The number of carbonyl (C=O) groups excluding carboxylic acids is 1. The Kier molecular flexibility index (Phi) is 5.70. The van der Waals surface area contributed by atoms with Gasteiger partial charge in [0.15, 0.2) is 5.78 Å². The molecule has 1 aromatic carbocycles. The van der Waals surface area contributed by atoms with Gasteiger partial charge in [0.1, 0.15) is 7.85 Å². The molecule has 2 heterocycles. The topological polar surface area (TPSA) is 57.0 Å². The van der Waals surface area contributed by atoms with E-state index >= 15 is 0 Å². The molecule has 4 rings (SSSR count). The molecule has 2 aromatic heterocycles. The highest BCUT2D eigenvalue weighted by atomic mass is 16.5. The van der Waals surface area contributed by atoms with E-state index in [0.29, 0.717) is 19.0 Å². The van der Waals surface area contributed by atoms with Gasteiger partial charge in [0.2, 0.25) is 0 Å². The summed E-state index contributed by atoms with van der Waals surface area (Å²) < 4.78 is 8.00. The number of carbonyl (C=O) groups is 1. The fourth-order valence-electron chi connectivity index (χ4n) is 4.13. The van der Waals surface area contributed by atoms with Crippen LogP contribution in [0.3, 0.4) is 0 Å². The first-order chi connectivity index (χ1) is 14.1. The fraction of sp³-hybridized carbons (Fsp3) is 0.435. The molecule has 0 saturated heterocycles. The average molecular weight is 387 g/mol. The highest BCUT2D eigenvalue weighted by Gasteiger charge is 2.25. The van der Waals surface area contributed by atoms with E-state index in [4.69, 9.17) is 12.6 Å². The number of rotatable bonds is 7. The zero-order chi connectivity index (χ0) is 20.4. The fourth-order valence-corrected chi connectivity index (χ4v) is 4.13. The first kappa shape index (κ1) is 19.7. The van der Waals surface area contributed by atoms with E-state index in [1.54, 1.807) is 0 Å². The van der Waals surface area contributed by atoms with Crippen molar-refractivity contribution in [3.05, 3.63) is 46.9 Å². The SMILES string of the molecule is [B]c1ccc2c(c1)c1c(n2CCCOc2nc(CC)cc(CC)n2)C(=O)CCC1. The summed E-state index contributed by atoms with van der Waals surface area (Å²) in [6, 6.07) is 8.41. The third-order valence-corrected chi connectivity index (χ3v) is 5.58. The highest BCUT2D eigenvalue weighted by Crippen LogP contribution is 2.32. The average Bonchev–Trinajstić information content (AvgIpc) is 3.05. The first-order valence-electron chi connectivity index (χ1n) is 10.5. The van der Waals surface area contributed by atoms with E-state index in [1.807, 2.05) is 24.3 Å². The predicted octanol–water partition coefficient (Wildman–Crippen LogP) is 3.34. The van der Waals surface area contributed by atoms with Crippen LogP contribution in [-0.2, 0) is 25.8 Å². The van der Waals surface area contributed by atoms with Gasteiger partial charge >= 0.3 is 6.01 Å². The molecule has 6 heteroatoms. The van der Waals surface area contributed by atoms with Crippen LogP contribution in [0.2, 0.25) is 0 Å². The van der Waals surface area contributed by atoms with Gasteiger partial charge in [-0.3, -0.25) is 4.79 Å². The summed E-state index contributed by atoms with van der Waals surface area (Å²) in [6.07, 6.45) is 4.95. The monoisotopic (exact) mass is 387 g/mol. The molecule has 0 unspecified atom stereocenters. The molecule has 1 aliphatic rings. The van der Waals surface area contributed by atoms with Crippen molar-refractivity contribution in [2.75, 3.05) is 6.61 Å². The predicted molar refractivity (Wildman–Crippen MR) is 115 cm³/mol. The van der Waals surface area contributed by atoms with Crippen LogP contribution < -0.4 is 10.2 Å². The third-order valence-electron chi connectivity index (χ3n) is 5.58. The summed E-state index contributed by atoms with van der Waals surface area (Å²) in [6.45, 7) is 5.38. The lowest BCUT2D eigenvalue weighted by Crippen LogP contribution is -2.16. The van der Waals surface area contributed by atoms with E-state index in [0.717, 1.165) is 77.7 Å². The van der Waals surface area contributed by atoms with E-state index in [1.165, 1.54) is 0 Å². The Morgan fingerprint density at radius 3 is 2.59 bits per heavy atom. The molecule has 0 bridgehead atoms. The molecule has 0 aliphatic heterocycles. The molecule has 0 amide bonds. The molecular weight excluding hydrogens is 361 g/mol. The summed E-state index contributed by atoms with van der Waals surface area (Å²) >= 11 is 0. The minimum absolute atomic E-state index is 0.230. The Labute approximate surface area is 172 Å². The molecule has 29 heavy (non-hydrogen) atoms. The van der Waals surface area contributed by atoms with E-state index in [9.17, 15) is 4.79 Å². The van der Waals surface area contributed by atoms with Crippen molar-refractivity contribution in [2.24, 2.45) is 0 Å². The van der Waals surface area contributed by atoms with Gasteiger partial charge in [-0.2, -0.15) is 0 Å². The largest absolute Gasteiger partial charge is 0.463 e. The summed E-state index contributed by atoms with van der Waals surface area (Å²) in [4.78, 5) is 21.6. The zero-order valence-electron chi connectivity index (χ0n) is 17.2. The second-order valence-electron chi connectivity index (χ2n) is 7.57. The number of hydrogen-bond donors (Lipinski definition) is 0. The van der Waals surface area contributed by atoms with Gasteiger partial charge in [-0.05, 0) is 49.8 Å². The number of aromatic nitrogens is 3. The van der Waals surface area contributed by atoms with Gasteiger partial charge in [0.25, 0.3) is 0 Å². The van der Waals surface area contributed by atoms with Crippen molar-refractivity contribution in [2.45, 2.75) is 58.9 Å². The third kappa shape index (κ3) is 3.93. The van der Waals surface area contributed by atoms with Crippen LogP contribution in [0.25, 0.3) is 10.9 Å². The summed E-state index contributed by atoms with van der Waals surface area (Å²) in [5.41, 5.74) is 5.82. The van der Waals surface area contributed by atoms with Gasteiger partial charge < -0.3 is 9.30 Å². The van der Waals surface area contributed by atoms with Crippen molar-refractivity contribution < 1.29 is 9.53 Å². The maximum Gasteiger partial charge on any atom is 0.316 e. The zero-order valence-corrected chi connectivity index (χ0v) is 17.2. The van der Waals surface area contributed by atoms with Gasteiger partial charge in [-0.15, -0.1) is 0 Å². The smallest absolute Gasteiger partial charge is 0.316 e. The molecule has 2 radical (unpaired) electrons. The van der Waals surface area contributed by atoms with Crippen LogP contribution in [0.1, 0.15) is 60.5 Å². The second kappa shape index (κ2) is 8.40. The molecule has 0 spiro atoms. The van der Waals surface area contributed by atoms with Crippen molar-refractivity contribution in [1.82, 2.24) is 14.5 Å². The van der Waals surface area contributed by atoms with Crippen LogP contribution >= 0.6 is 0 Å². The lowest BCUT2D eigenvalue weighted by molar-refractivity contribution is 0.0963. The van der Waals surface area contributed by atoms with Crippen molar-refractivity contribution in [3.8, 4) is 6.01 Å². The molecule has 3 aromatic rings. The molecule has 148 valence electrons. The van der Waals surface area contributed by atoms with Gasteiger partial charge in [-0.25, -0.2) is 9.97 Å². The number of Topliss-reactive ketones (excluding diaryl/α,β-unsaturated/α-hetero) is 1. The van der Waals surface area contributed by atoms with Gasteiger partial charge in [-0.1, -0.05) is 31.4 Å². The Balaban J connectivity index is 1.52. The molecule has 0 N–H and O–H groups in total. The van der Waals surface area contributed by atoms with Gasteiger partial charge in [0, 0.05) is 35.3 Å². The summed E-state index contributed by atoms with van der Waals surface area (Å²) in [5, 5.41) is 1.11. The van der Waals surface area contributed by atoms with E-state index < -0.39 is 0 Å². The lowest BCUT2D eigenvalue weighted by Gasteiger charge is -2.15. The lowest BCUT2D eigenvalue weighted by atomic mass is 9.91. The van der Waals surface area contributed by atoms with Crippen LogP contribution in [0, 0.1) is 0 Å². The first-order valence-corrected chi connectivity index (χ1v) is 10.5. The minimum atomic E-state index is 0.230. The molecular formula is C23H26BN3O2. The molecule has 0 fully saturated rings. The van der Waals surface area contributed by atoms with Crippen LogP contribution in [0.15, 0.2) is 24.3 Å². The molecule has 0 atom stereocenters. The minimum Gasteiger partial charge on any atom is -0.463 e. The van der Waals surface area contributed by atoms with Crippen LogP contribution in [-0.4, -0.2) is 34.8 Å². The number of aryl methyl sites for hydroxylation is 4. The standard InChI is InChI=1S/C23H26BN3O2/c1-3-16-14-17(4-2)26-23(25-16)29-12-6-11-27-20-10-9-15(24)13-19(20)18-7-5-8-21(28)22(18)27/h9-10,13-14H,3-8,11-12H2,1-2H3. The number of nitrogens with zero attached hydrogens (tertiary/aromatic N) is 3. The Hall–Kier alpha value is -2.63. The number of ketones is 1. The Morgan fingerprint density at radius 1 is 1.10 bits per heavy atom. The number of ether oxygens (including phenoxy) is 1.